The average molecular weight is 394 g/mol. The number of aromatic nitrogens is 2. The number of hydrogen-bond acceptors (Lipinski definition) is 7. The van der Waals surface area contributed by atoms with E-state index >= 15 is 0 Å². The van der Waals surface area contributed by atoms with Crippen LogP contribution in [0.4, 0.5) is 5.95 Å². The third-order valence-corrected chi connectivity index (χ3v) is 6.36. The van der Waals surface area contributed by atoms with Gasteiger partial charge in [-0.2, -0.15) is 9.97 Å². The van der Waals surface area contributed by atoms with Gasteiger partial charge in [0.15, 0.2) is 0 Å². The van der Waals surface area contributed by atoms with E-state index in [1.165, 1.54) is 20.3 Å². The van der Waals surface area contributed by atoms with Crippen LogP contribution in [0.25, 0.3) is 0 Å². The summed E-state index contributed by atoms with van der Waals surface area (Å²) in [7, 11) is -0.930. The summed E-state index contributed by atoms with van der Waals surface area (Å²) in [6.45, 7) is 1.81. The van der Waals surface area contributed by atoms with Crippen molar-refractivity contribution in [3.8, 4) is 11.8 Å². The highest BCUT2D eigenvalue weighted by Crippen LogP contribution is 2.31. The van der Waals surface area contributed by atoms with Crippen molar-refractivity contribution in [2.24, 2.45) is 0 Å². The molecule has 0 bridgehead atoms. The van der Waals surface area contributed by atoms with Gasteiger partial charge in [-0.25, -0.2) is 13.1 Å². The number of hydrogen-bond donors (Lipinski definition) is 1. The van der Waals surface area contributed by atoms with Crippen LogP contribution in [0.1, 0.15) is 5.56 Å². The van der Waals surface area contributed by atoms with Crippen molar-refractivity contribution in [2.45, 2.75) is 11.1 Å². The van der Waals surface area contributed by atoms with Crippen molar-refractivity contribution in [3.05, 3.63) is 21.5 Å². The SMILES string of the molecule is COc1cc(OC)nc(NS(=O)(=O)c2cc(C)c(Br)s2)n1. The minimum absolute atomic E-state index is 0.117. The smallest absolute Gasteiger partial charge is 0.273 e. The fourth-order valence-corrected chi connectivity index (χ4v) is 4.56. The van der Waals surface area contributed by atoms with E-state index in [4.69, 9.17) is 9.47 Å². The number of sulfonamides is 1. The Hall–Kier alpha value is -1.39. The van der Waals surface area contributed by atoms with Crippen LogP contribution in [0, 0.1) is 6.92 Å². The van der Waals surface area contributed by atoms with E-state index in [9.17, 15) is 8.42 Å². The van der Waals surface area contributed by atoms with Gasteiger partial charge >= 0.3 is 0 Å². The van der Waals surface area contributed by atoms with Crippen LogP contribution in [-0.4, -0.2) is 32.6 Å². The average Bonchev–Trinajstić information content (AvgIpc) is 2.78. The molecule has 2 aromatic heterocycles. The molecule has 0 unspecified atom stereocenters. The van der Waals surface area contributed by atoms with Gasteiger partial charge in [-0.1, -0.05) is 0 Å². The summed E-state index contributed by atoms with van der Waals surface area (Å²) >= 11 is 4.40. The topological polar surface area (TPSA) is 90.4 Å². The lowest BCUT2D eigenvalue weighted by molar-refractivity contribution is 0.373. The first-order valence-corrected chi connectivity index (χ1v) is 8.71. The van der Waals surface area contributed by atoms with Crippen molar-refractivity contribution in [1.82, 2.24) is 9.97 Å². The van der Waals surface area contributed by atoms with E-state index < -0.39 is 10.0 Å². The fourth-order valence-electron chi connectivity index (χ4n) is 1.39. The molecule has 2 heterocycles. The second-order valence-electron chi connectivity index (χ2n) is 3.90. The second-order valence-corrected chi connectivity index (χ2v) is 8.18. The Morgan fingerprint density at radius 1 is 1.19 bits per heavy atom. The molecule has 0 amide bonds. The summed E-state index contributed by atoms with van der Waals surface area (Å²) in [5.74, 6) is 0.277. The molecular weight excluding hydrogens is 382 g/mol. The van der Waals surface area contributed by atoms with Gasteiger partial charge in [-0.15, -0.1) is 11.3 Å². The molecule has 0 aromatic carbocycles. The summed E-state index contributed by atoms with van der Waals surface area (Å²) in [5.41, 5.74) is 0.838. The molecular formula is C11H12BrN3O4S2. The standard InChI is InChI=1S/C11H12BrN3O4S2/c1-6-4-9(20-10(6)12)21(16,17)15-11-13-7(18-2)5-8(14-11)19-3/h4-5H,1-3H3,(H,13,14,15). The Morgan fingerprint density at radius 2 is 1.76 bits per heavy atom. The van der Waals surface area contributed by atoms with Crippen LogP contribution in [0.15, 0.2) is 20.1 Å². The number of aryl methyl sites for hydroxylation is 1. The lowest BCUT2D eigenvalue weighted by Crippen LogP contribution is -2.14. The molecule has 1 N–H and O–H groups in total. The van der Waals surface area contributed by atoms with Crippen LogP contribution in [0.3, 0.4) is 0 Å². The van der Waals surface area contributed by atoms with Crippen molar-refractivity contribution in [2.75, 3.05) is 18.9 Å². The van der Waals surface area contributed by atoms with Crippen LogP contribution in [0.2, 0.25) is 0 Å². The van der Waals surface area contributed by atoms with Crippen LogP contribution in [-0.2, 0) is 10.0 Å². The van der Waals surface area contributed by atoms with Crippen LogP contribution < -0.4 is 14.2 Å². The third kappa shape index (κ3) is 3.63. The number of anilines is 1. The molecule has 2 rings (SSSR count). The highest BCUT2D eigenvalue weighted by Gasteiger charge is 2.20. The van der Waals surface area contributed by atoms with Gasteiger partial charge in [-0.05, 0) is 34.5 Å². The first-order valence-electron chi connectivity index (χ1n) is 5.61. The summed E-state index contributed by atoms with van der Waals surface area (Å²) in [6.07, 6.45) is 0. The van der Waals surface area contributed by atoms with Crippen LogP contribution >= 0.6 is 27.3 Å². The lowest BCUT2D eigenvalue weighted by Gasteiger charge is -2.08. The molecule has 7 nitrogen and oxygen atoms in total. The molecule has 0 aliphatic heterocycles. The van der Waals surface area contributed by atoms with E-state index in [1.807, 2.05) is 6.92 Å². The van der Waals surface area contributed by atoms with Gasteiger partial charge in [0.1, 0.15) is 4.21 Å². The van der Waals surface area contributed by atoms with Gasteiger partial charge in [-0.3, -0.25) is 0 Å². The van der Waals surface area contributed by atoms with E-state index in [0.717, 1.165) is 20.7 Å². The molecule has 0 aliphatic carbocycles. The number of ether oxygens (including phenoxy) is 2. The maximum Gasteiger partial charge on any atom is 0.273 e. The highest BCUT2D eigenvalue weighted by molar-refractivity contribution is 9.11. The maximum absolute atomic E-state index is 12.3. The Labute approximate surface area is 134 Å². The number of halogens is 1. The Bertz CT molecular complexity index is 719. The first-order chi connectivity index (χ1) is 9.85. The van der Waals surface area contributed by atoms with E-state index in [1.54, 1.807) is 6.07 Å². The van der Waals surface area contributed by atoms with Crippen LogP contribution in [0.5, 0.6) is 11.8 Å². The number of rotatable bonds is 5. The maximum atomic E-state index is 12.3. The normalized spacial score (nSPS) is 11.2. The molecule has 2 aromatic rings. The molecule has 0 fully saturated rings. The molecule has 0 aliphatic rings. The summed E-state index contributed by atoms with van der Waals surface area (Å²) in [4.78, 5) is 7.86. The molecule has 0 saturated heterocycles. The Morgan fingerprint density at radius 3 is 2.19 bits per heavy atom. The molecule has 0 saturated carbocycles. The van der Waals surface area contributed by atoms with Crippen molar-refractivity contribution in [1.29, 1.82) is 0 Å². The second kappa shape index (κ2) is 6.16. The largest absolute Gasteiger partial charge is 0.481 e. The van der Waals surface area contributed by atoms with Gasteiger partial charge in [0.25, 0.3) is 10.0 Å². The monoisotopic (exact) mass is 393 g/mol. The molecule has 0 atom stereocenters. The molecule has 114 valence electrons. The highest BCUT2D eigenvalue weighted by atomic mass is 79.9. The van der Waals surface area contributed by atoms with E-state index in [2.05, 4.69) is 30.6 Å². The molecule has 0 spiro atoms. The first kappa shape index (κ1) is 16.0. The Kier molecular flexibility index (Phi) is 4.69. The molecule has 0 radical (unpaired) electrons. The summed E-state index contributed by atoms with van der Waals surface area (Å²) in [6, 6.07) is 3.01. The molecule has 10 heteroatoms. The quantitative estimate of drug-likeness (QED) is 0.838. The lowest BCUT2D eigenvalue weighted by atomic mass is 10.4. The van der Waals surface area contributed by atoms with Crippen molar-refractivity contribution >= 4 is 43.2 Å². The number of nitrogens with zero attached hydrogens (tertiary/aromatic N) is 2. The van der Waals surface area contributed by atoms with Gasteiger partial charge < -0.3 is 9.47 Å². The van der Waals surface area contributed by atoms with Gasteiger partial charge in [0, 0.05) is 0 Å². The van der Waals surface area contributed by atoms with E-state index in [-0.39, 0.29) is 21.9 Å². The predicted molar refractivity (Wildman–Crippen MR) is 82.7 cm³/mol. The van der Waals surface area contributed by atoms with E-state index in [0.29, 0.717) is 0 Å². The number of nitrogens with one attached hydrogen (secondary N) is 1. The van der Waals surface area contributed by atoms with Crippen molar-refractivity contribution < 1.29 is 17.9 Å². The molecule has 21 heavy (non-hydrogen) atoms. The Balaban J connectivity index is 2.36. The predicted octanol–water partition coefficient (Wildman–Crippen LogP) is 2.43. The van der Waals surface area contributed by atoms with Gasteiger partial charge in [0.05, 0.1) is 24.1 Å². The zero-order chi connectivity index (χ0) is 15.6. The minimum atomic E-state index is -3.76. The summed E-state index contributed by atoms with van der Waals surface area (Å²) < 4.78 is 37.7. The van der Waals surface area contributed by atoms with Crippen molar-refractivity contribution in [3.63, 3.8) is 0 Å². The zero-order valence-corrected chi connectivity index (χ0v) is 14.6. The number of thiophene rings is 1. The minimum Gasteiger partial charge on any atom is -0.481 e. The van der Waals surface area contributed by atoms with Gasteiger partial charge in [0.2, 0.25) is 17.7 Å². The number of methoxy groups -OCH3 is 2. The third-order valence-electron chi connectivity index (χ3n) is 2.42. The summed E-state index contributed by atoms with van der Waals surface area (Å²) in [5, 5.41) is 0. The fraction of sp³-hybridized carbons (Fsp3) is 0.273. The zero-order valence-electron chi connectivity index (χ0n) is 11.4.